The zero-order valence-electron chi connectivity index (χ0n) is 13.3. The van der Waals surface area contributed by atoms with Gasteiger partial charge in [0.1, 0.15) is 0 Å². The third-order valence-corrected chi connectivity index (χ3v) is 4.40. The number of hydrogen-bond acceptors (Lipinski definition) is 2. The average molecular weight is 348 g/mol. The van der Waals surface area contributed by atoms with Gasteiger partial charge in [0.15, 0.2) is 16.9 Å². The van der Waals surface area contributed by atoms with E-state index in [1.165, 1.54) is 0 Å². The smallest absolute Gasteiger partial charge is 0.193 e. The molecule has 4 heteroatoms. The lowest BCUT2D eigenvalue weighted by molar-refractivity contribution is 0.105. The molecule has 0 aromatic heterocycles. The Hall–Kier alpha value is -2.82. The molecule has 3 aromatic carbocycles. The molecule has 0 heterocycles. The number of carbonyl (C=O) groups excluding carboxylic acids is 1. The highest BCUT2D eigenvalue weighted by atomic mass is 32.2. The van der Waals surface area contributed by atoms with Gasteiger partial charge in [0.2, 0.25) is 0 Å². The molecule has 1 atom stereocenters. The zero-order chi connectivity index (χ0) is 17.6. The van der Waals surface area contributed by atoms with Crippen molar-refractivity contribution in [3.63, 3.8) is 0 Å². The minimum atomic E-state index is -2.10. The fourth-order valence-electron chi connectivity index (χ4n) is 2.51. The first-order valence-electron chi connectivity index (χ1n) is 7.73. The normalized spacial score (nSPS) is 12.6. The van der Waals surface area contributed by atoms with E-state index in [0.717, 1.165) is 5.56 Å². The second-order valence-corrected chi connectivity index (χ2v) is 6.41. The highest BCUT2D eigenvalue weighted by Gasteiger charge is 2.15. The van der Waals surface area contributed by atoms with Gasteiger partial charge in [0, 0.05) is 11.1 Å². The fourth-order valence-corrected chi connectivity index (χ4v) is 2.94. The summed E-state index contributed by atoms with van der Waals surface area (Å²) < 4.78 is 20.7. The van der Waals surface area contributed by atoms with Crippen molar-refractivity contribution in [3.8, 4) is 0 Å². The van der Waals surface area contributed by atoms with Gasteiger partial charge >= 0.3 is 0 Å². The maximum absolute atomic E-state index is 13.0. The zero-order valence-corrected chi connectivity index (χ0v) is 14.1. The van der Waals surface area contributed by atoms with E-state index in [4.69, 9.17) is 0 Å². The molecule has 0 saturated heterocycles. The Labute approximate surface area is 148 Å². The highest BCUT2D eigenvalue weighted by Crippen LogP contribution is 2.24. The van der Waals surface area contributed by atoms with Crippen LogP contribution in [0.15, 0.2) is 89.8 Å². The van der Waals surface area contributed by atoms with Crippen LogP contribution in [-0.2, 0) is 11.1 Å². The molecule has 0 fully saturated rings. The number of Topliss-reactive ketones (excluding diaryl/α,β-unsaturated/α-hetero) is 1. The Morgan fingerprint density at radius 3 is 2.04 bits per heavy atom. The number of allylic oxidation sites excluding steroid dienone is 1. The quantitative estimate of drug-likeness (QED) is 0.315. The molecular formula is C21H16O3S. The molecule has 25 heavy (non-hydrogen) atoms. The summed E-state index contributed by atoms with van der Waals surface area (Å²) >= 11 is -2.10. The van der Waals surface area contributed by atoms with Crippen LogP contribution < -0.4 is 0 Å². The molecule has 0 spiro atoms. The highest BCUT2D eigenvalue weighted by molar-refractivity contribution is 7.79. The van der Waals surface area contributed by atoms with Crippen LogP contribution in [0.2, 0.25) is 0 Å². The van der Waals surface area contributed by atoms with Crippen molar-refractivity contribution < 1.29 is 13.6 Å². The summed E-state index contributed by atoms with van der Waals surface area (Å²) in [5.41, 5.74) is 2.54. The molecule has 124 valence electrons. The number of benzene rings is 3. The lowest BCUT2D eigenvalue weighted by Crippen LogP contribution is -2.03. The molecule has 3 nitrogen and oxygen atoms in total. The molecule has 1 N–H and O–H groups in total. The lowest BCUT2D eigenvalue weighted by atomic mass is 9.95. The Morgan fingerprint density at radius 2 is 1.40 bits per heavy atom. The van der Waals surface area contributed by atoms with Crippen LogP contribution >= 0.6 is 0 Å². The van der Waals surface area contributed by atoms with E-state index >= 15 is 0 Å². The molecule has 0 aliphatic carbocycles. The van der Waals surface area contributed by atoms with Crippen molar-refractivity contribution in [2.45, 2.75) is 4.90 Å². The van der Waals surface area contributed by atoms with Crippen molar-refractivity contribution in [1.82, 2.24) is 0 Å². The molecule has 0 aliphatic heterocycles. The van der Waals surface area contributed by atoms with Crippen molar-refractivity contribution in [2.24, 2.45) is 0 Å². The molecule has 3 rings (SSSR count). The number of ketones is 1. The van der Waals surface area contributed by atoms with Crippen LogP contribution in [-0.4, -0.2) is 14.5 Å². The van der Waals surface area contributed by atoms with Gasteiger partial charge in [-0.2, -0.15) is 0 Å². The van der Waals surface area contributed by atoms with Gasteiger partial charge in [-0.25, -0.2) is 4.21 Å². The predicted molar refractivity (Wildman–Crippen MR) is 101 cm³/mol. The number of rotatable bonds is 5. The summed E-state index contributed by atoms with van der Waals surface area (Å²) in [6.07, 6.45) is 1.80. The Morgan fingerprint density at radius 1 is 0.800 bits per heavy atom. The van der Waals surface area contributed by atoms with Gasteiger partial charge < -0.3 is 4.55 Å². The molecule has 3 aromatic rings. The van der Waals surface area contributed by atoms with E-state index in [-0.39, 0.29) is 10.7 Å². The van der Waals surface area contributed by atoms with Crippen LogP contribution in [0.4, 0.5) is 0 Å². The molecule has 0 bridgehead atoms. The third kappa shape index (κ3) is 4.18. The van der Waals surface area contributed by atoms with Gasteiger partial charge in [-0.1, -0.05) is 72.8 Å². The van der Waals surface area contributed by atoms with Crippen molar-refractivity contribution in [3.05, 3.63) is 102 Å². The van der Waals surface area contributed by atoms with Crippen LogP contribution in [0, 0.1) is 0 Å². The molecule has 1 unspecified atom stereocenters. The van der Waals surface area contributed by atoms with Crippen molar-refractivity contribution >= 4 is 28.5 Å². The summed E-state index contributed by atoms with van der Waals surface area (Å²) in [5.74, 6) is -0.134. The van der Waals surface area contributed by atoms with E-state index in [1.54, 1.807) is 42.5 Å². The Bertz CT molecular complexity index is 932. The van der Waals surface area contributed by atoms with Crippen LogP contribution in [0.5, 0.6) is 0 Å². The van der Waals surface area contributed by atoms with Crippen LogP contribution in [0.1, 0.15) is 21.5 Å². The van der Waals surface area contributed by atoms with Gasteiger partial charge in [-0.05, 0) is 29.3 Å². The summed E-state index contributed by atoms with van der Waals surface area (Å²) in [6, 6.07) is 25.1. The molecule has 0 aliphatic rings. The van der Waals surface area contributed by atoms with Gasteiger partial charge in [-0.15, -0.1) is 0 Å². The van der Waals surface area contributed by atoms with Crippen LogP contribution in [0.25, 0.3) is 11.6 Å². The molecule has 0 amide bonds. The van der Waals surface area contributed by atoms with E-state index in [2.05, 4.69) is 0 Å². The van der Waals surface area contributed by atoms with E-state index in [9.17, 15) is 13.6 Å². The minimum absolute atomic E-state index is 0.134. The second-order valence-electron chi connectivity index (χ2n) is 5.44. The van der Waals surface area contributed by atoms with Crippen molar-refractivity contribution in [1.29, 1.82) is 0 Å². The van der Waals surface area contributed by atoms with Gasteiger partial charge in [0.05, 0.1) is 4.90 Å². The monoisotopic (exact) mass is 348 g/mol. The van der Waals surface area contributed by atoms with E-state index in [1.807, 2.05) is 48.5 Å². The molecular weight excluding hydrogens is 332 g/mol. The first-order chi connectivity index (χ1) is 12.1. The summed E-state index contributed by atoms with van der Waals surface area (Å²) in [5, 5.41) is 0. The maximum Gasteiger partial charge on any atom is 0.193 e. The number of hydrogen-bond donors (Lipinski definition) is 1. The summed E-state index contributed by atoms with van der Waals surface area (Å²) in [7, 11) is 0. The van der Waals surface area contributed by atoms with E-state index in [0.29, 0.717) is 16.7 Å². The summed E-state index contributed by atoms with van der Waals surface area (Å²) in [4.78, 5) is 13.3. The Balaban J connectivity index is 2.13. The topological polar surface area (TPSA) is 54.4 Å². The van der Waals surface area contributed by atoms with E-state index < -0.39 is 11.1 Å². The van der Waals surface area contributed by atoms with Crippen molar-refractivity contribution in [2.75, 3.05) is 0 Å². The molecule has 0 saturated carbocycles. The predicted octanol–water partition coefficient (Wildman–Crippen LogP) is 4.69. The lowest BCUT2D eigenvalue weighted by Gasteiger charge is -2.09. The fraction of sp³-hybridized carbons (Fsp3) is 0. The first-order valence-corrected chi connectivity index (χ1v) is 8.83. The minimum Gasteiger partial charge on any atom is -0.302 e. The largest absolute Gasteiger partial charge is 0.302 e. The summed E-state index contributed by atoms with van der Waals surface area (Å²) in [6.45, 7) is 0. The standard InChI is InChI=1S/C21H16O3S/c22-21(17-10-5-2-6-11-17)20(14-16-8-3-1-4-9-16)18-12-7-13-19(15-18)25(23)24/h1-15H,(H,23,24). The van der Waals surface area contributed by atoms with Gasteiger partial charge in [0.25, 0.3) is 0 Å². The Kier molecular flexibility index (Phi) is 5.33. The molecule has 0 radical (unpaired) electrons. The SMILES string of the molecule is O=C(C(=Cc1ccccc1)c1cccc(S(=O)O)c1)c1ccccc1. The van der Waals surface area contributed by atoms with Crippen LogP contribution in [0.3, 0.4) is 0 Å². The average Bonchev–Trinajstić information content (AvgIpc) is 2.67. The van der Waals surface area contributed by atoms with Gasteiger partial charge in [-0.3, -0.25) is 4.79 Å². The first kappa shape index (κ1) is 17.0. The maximum atomic E-state index is 13.0. The second kappa shape index (κ2) is 7.83. The number of carbonyl (C=O) groups is 1. The third-order valence-electron chi connectivity index (χ3n) is 3.74.